The maximum Gasteiger partial charge on any atom is 0.307 e. The number of carboxylic acids is 4. The summed E-state index contributed by atoms with van der Waals surface area (Å²) in [4.78, 5) is 40.5. The largest absolute Gasteiger partial charge is 0.481 e. The average molecular weight is 290 g/mol. The molecule has 8 nitrogen and oxygen atoms in total. The molecule has 0 heterocycles. The lowest BCUT2D eigenvalue weighted by molar-refractivity contribution is -0.155. The van der Waals surface area contributed by atoms with E-state index in [0.717, 1.165) is 12.8 Å². The van der Waals surface area contributed by atoms with Crippen LogP contribution in [0.2, 0.25) is 0 Å². The van der Waals surface area contributed by atoms with Gasteiger partial charge in [-0.25, -0.2) is 0 Å². The first-order valence-electron chi connectivity index (χ1n) is 6.15. The Morgan fingerprint density at radius 2 is 1.00 bits per heavy atom. The zero-order chi connectivity index (χ0) is 15.7. The lowest BCUT2D eigenvalue weighted by Gasteiger charge is -2.24. The third-order valence-electron chi connectivity index (χ3n) is 2.95. The SMILES string of the molecule is O=C(O)C1CCCCC1C(=O)O.O=C(O)CCC(=O)O. The molecular weight excluding hydrogens is 272 g/mol. The number of rotatable bonds is 5. The van der Waals surface area contributed by atoms with Crippen LogP contribution in [0.1, 0.15) is 38.5 Å². The molecule has 0 bridgehead atoms. The summed E-state index contributed by atoms with van der Waals surface area (Å²) in [6.45, 7) is 0. The standard InChI is InChI=1S/C8H12O4.C4H6O4/c9-7(10)5-3-1-2-4-6(5)8(11)12;5-3(6)1-2-4(7)8/h5-6H,1-4H2,(H,9,10)(H,11,12);1-2H2,(H,5,6)(H,7,8). The van der Waals surface area contributed by atoms with E-state index >= 15 is 0 Å². The molecule has 0 aromatic carbocycles. The van der Waals surface area contributed by atoms with Crippen molar-refractivity contribution in [1.82, 2.24) is 0 Å². The van der Waals surface area contributed by atoms with Crippen LogP contribution in [0.5, 0.6) is 0 Å². The molecule has 0 radical (unpaired) electrons. The number of carbonyl (C=O) groups is 4. The molecule has 1 rings (SSSR count). The van der Waals surface area contributed by atoms with Gasteiger partial charge >= 0.3 is 23.9 Å². The van der Waals surface area contributed by atoms with Gasteiger partial charge < -0.3 is 20.4 Å². The quantitative estimate of drug-likeness (QED) is 0.583. The Kier molecular flexibility index (Phi) is 7.95. The van der Waals surface area contributed by atoms with E-state index in [4.69, 9.17) is 20.4 Å². The molecule has 0 amide bonds. The van der Waals surface area contributed by atoms with Crippen LogP contribution in [-0.4, -0.2) is 44.3 Å². The van der Waals surface area contributed by atoms with Crippen LogP contribution in [0.4, 0.5) is 0 Å². The maximum absolute atomic E-state index is 10.6. The first-order valence-corrected chi connectivity index (χ1v) is 6.15. The van der Waals surface area contributed by atoms with Crippen molar-refractivity contribution >= 4 is 23.9 Å². The fraction of sp³-hybridized carbons (Fsp3) is 0.667. The van der Waals surface area contributed by atoms with Crippen molar-refractivity contribution in [2.75, 3.05) is 0 Å². The Labute approximate surface area is 115 Å². The van der Waals surface area contributed by atoms with Crippen LogP contribution in [0.15, 0.2) is 0 Å². The Hall–Kier alpha value is -2.12. The molecule has 1 saturated carbocycles. The molecular formula is C12H18O8. The summed E-state index contributed by atoms with van der Waals surface area (Å²) in [5, 5.41) is 33.2. The van der Waals surface area contributed by atoms with E-state index < -0.39 is 35.7 Å². The molecule has 0 aromatic heterocycles. The zero-order valence-electron chi connectivity index (χ0n) is 10.8. The zero-order valence-corrected chi connectivity index (χ0v) is 10.8. The maximum atomic E-state index is 10.6. The van der Waals surface area contributed by atoms with Gasteiger partial charge in [-0.2, -0.15) is 0 Å². The Morgan fingerprint density at radius 1 is 0.700 bits per heavy atom. The molecule has 2 unspecified atom stereocenters. The molecule has 0 saturated heterocycles. The predicted molar refractivity (Wildman–Crippen MR) is 65.2 cm³/mol. The Morgan fingerprint density at radius 3 is 1.20 bits per heavy atom. The lowest BCUT2D eigenvalue weighted by Crippen LogP contribution is -2.32. The summed E-state index contributed by atoms with van der Waals surface area (Å²) >= 11 is 0. The van der Waals surface area contributed by atoms with Gasteiger partial charge in [0.05, 0.1) is 24.7 Å². The molecule has 0 aromatic rings. The molecule has 1 aliphatic carbocycles. The fourth-order valence-corrected chi connectivity index (χ4v) is 1.94. The van der Waals surface area contributed by atoms with Crippen molar-refractivity contribution in [3.8, 4) is 0 Å². The number of hydrogen-bond donors (Lipinski definition) is 4. The topological polar surface area (TPSA) is 149 Å². The van der Waals surface area contributed by atoms with E-state index in [9.17, 15) is 19.2 Å². The number of aliphatic carboxylic acids is 4. The molecule has 20 heavy (non-hydrogen) atoms. The monoisotopic (exact) mass is 290 g/mol. The first kappa shape index (κ1) is 17.9. The van der Waals surface area contributed by atoms with Crippen LogP contribution in [0.3, 0.4) is 0 Å². The minimum absolute atomic E-state index is 0.296. The second kappa shape index (κ2) is 8.89. The van der Waals surface area contributed by atoms with Gasteiger partial charge in [0.15, 0.2) is 0 Å². The molecule has 0 spiro atoms. The summed E-state index contributed by atoms with van der Waals surface area (Å²) in [6, 6.07) is 0. The Bertz CT molecular complexity index is 340. The lowest BCUT2D eigenvalue weighted by atomic mass is 9.79. The van der Waals surface area contributed by atoms with Gasteiger partial charge in [-0.05, 0) is 12.8 Å². The van der Waals surface area contributed by atoms with Crippen molar-refractivity contribution in [2.45, 2.75) is 38.5 Å². The average Bonchev–Trinajstić information content (AvgIpc) is 2.37. The molecule has 0 aliphatic heterocycles. The van der Waals surface area contributed by atoms with Crippen molar-refractivity contribution in [2.24, 2.45) is 11.8 Å². The fourth-order valence-electron chi connectivity index (χ4n) is 1.94. The van der Waals surface area contributed by atoms with Crippen molar-refractivity contribution in [3.63, 3.8) is 0 Å². The third-order valence-corrected chi connectivity index (χ3v) is 2.95. The van der Waals surface area contributed by atoms with Crippen molar-refractivity contribution in [1.29, 1.82) is 0 Å². The van der Waals surface area contributed by atoms with Gasteiger partial charge in [0.2, 0.25) is 0 Å². The second-order valence-corrected chi connectivity index (χ2v) is 4.46. The molecule has 114 valence electrons. The molecule has 1 fully saturated rings. The first-order chi connectivity index (χ1) is 9.25. The summed E-state index contributed by atoms with van der Waals surface area (Å²) in [5.41, 5.74) is 0. The summed E-state index contributed by atoms with van der Waals surface area (Å²) in [5.74, 6) is -5.43. The van der Waals surface area contributed by atoms with Gasteiger partial charge in [0, 0.05) is 0 Å². The van der Waals surface area contributed by atoms with Crippen molar-refractivity contribution in [3.05, 3.63) is 0 Å². The van der Waals surface area contributed by atoms with E-state index in [2.05, 4.69) is 0 Å². The summed E-state index contributed by atoms with van der Waals surface area (Å²) in [6.07, 6.45) is 2.09. The van der Waals surface area contributed by atoms with Crippen LogP contribution in [0.25, 0.3) is 0 Å². The van der Waals surface area contributed by atoms with Crippen LogP contribution >= 0.6 is 0 Å². The van der Waals surface area contributed by atoms with E-state index in [0.29, 0.717) is 12.8 Å². The van der Waals surface area contributed by atoms with E-state index in [1.807, 2.05) is 0 Å². The minimum Gasteiger partial charge on any atom is -0.481 e. The highest BCUT2D eigenvalue weighted by molar-refractivity contribution is 5.80. The number of hydrogen-bond acceptors (Lipinski definition) is 4. The van der Waals surface area contributed by atoms with Crippen molar-refractivity contribution < 1.29 is 39.6 Å². The molecule has 8 heteroatoms. The predicted octanol–water partition coefficient (Wildman–Crippen LogP) is 0.898. The minimum atomic E-state index is -1.08. The van der Waals surface area contributed by atoms with Gasteiger partial charge in [-0.1, -0.05) is 12.8 Å². The smallest absolute Gasteiger partial charge is 0.307 e. The third kappa shape index (κ3) is 7.34. The highest BCUT2D eigenvalue weighted by atomic mass is 16.4. The van der Waals surface area contributed by atoms with E-state index in [1.165, 1.54) is 0 Å². The normalized spacial score (nSPS) is 21.2. The highest BCUT2D eigenvalue weighted by Gasteiger charge is 2.35. The van der Waals surface area contributed by atoms with Gasteiger partial charge in [-0.15, -0.1) is 0 Å². The number of carboxylic acid groups (broad SMARTS) is 4. The van der Waals surface area contributed by atoms with Gasteiger partial charge in [0.25, 0.3) is 0 Å². The van der Waals surface area contributed by atoms with Gasteiger partial charge in [0.1, 0.15) is 0 Å². The summed E-state index contributed by atoms with van der Waals surface area (Å²) in [7, 11) is 0. The highest BCUT2D eigenvalue weighted by Crippen LogP contribution is 2.30. The van der Waals surface area contributed by atoms with E-state index in [1.54, 1.807) is 0 Å². The van der Waals surface area contributed by atoms with E-state index in [-0.39, 0.29) is 12.8 Å². The second-order valence-electron chi connectivity index (χ2n) is 4.46. The van der Waals surface area contributed by atoms with Crippen LogP contribution < -0.4 is 0 Å². The summed E-state index contributed by atoms with van der Waals surface area (Å²) < 4.78 is 0. The molecule has 2 atom stereocenters. The van der Waals surface area contributed by atoms with Crippen LogP contribution in [-0.2, 0) is 19.2 Å². The van der Waals surface area contributed by atoms with Gasteiger partial charge in [-0.3, -0.25) is 19.2 Å². The Balaban J connectivity index is 0.000000396. The molecule has 1 aliphatic rings. The van der Waals surface area contributed by atoms with Crippen LogP contribution in [0, 0.1) is 11.8 Å². The molecule has 4 N–H and O–H groups in total.